The van der Waals surface area contributed by atoms with E-state index in [0.29, 0.717) is 17.7 Å². The Hall–Kier alpha value is -2.40. The second kappa shape index (κ2) is 8.45. The minimum Gasteiger partial charge on any atom is -0.391 e. The highest BCUT2D eigenvalue weighted by atomic mass is 16.3. The average Bonchev–Trinajstić information content (AvgIpc) is 2.60. The Morgan fingerprint density at radius 3 is 2.54 bits per heavy atom. The number of pyridine rings is 1. The van der Waals surface area contributed by atoms with Crippen LogP contribution in [0.3, 0.4) is 0 Å². The molecule has 3 N–H and O–H groups in total. The Labute approximate surface area is 143 Å². The maximum Gasteiger partial charge on any atom is 0.255 e. The van der Waals surface area contributed by atoms with Gasteiger partial charge in [-0.1, -0.05) is 39.0 Å². The van der Waals surface area contributed by atoms with Crippen LogP contribution in [0.25, 0.3) is 0 Å². The van der Waals surface area contributed by atoms with Gasteiger partial charge in [-0.05, 0) is 30.5 Å². The zero-order valence-corrected chi connectivity index (χ0v) is 14.4. The summed E-state index contributed by atoms with van der Waals surface area (Å²) in [5.41, 5.74) is 2.03. The second-order valence-electron chi connectivity index (χ2n) is 6.14. The van der Waals surface area contributed by atoms with E-state index in [-0.39, 0.29) is 17.9 Å². The number of para-hydroxylation sites is 1. The molecular weight excluding hydrogens is 302 g/mol. The molecule has 5 nitrogen and oxygen atoms in total. The molecule has 0 saturated carbocycles. The number of nitrogens with one attached hydrogen (secondary N) is 2. The van der Waals surface area contributed by atoms with Gasteiger partial charge in [0.1, 0.15) is 0 Å². The van der Waals surface area contributed by atoms with Gasteiger partial charge in [-0.15, -0.1) is 0 Å². The predicted octanol–water partition coefficient (Wildman–Crippen LogP) is 3.35. The number of rotatable bonds is 7. The molecule has 0 aliphatic rings. The first-order chi connectivity index (χ1) is 11.5. The van der Waals surface area contributed by atoms with Gasteiger partial charge < -0.3 is 15.7 Å². The summed E-state index contributed by atoms with van der Waals surface area (Å²) in [6, 6.07) is 11.1. The molecule has 0 fully saturated rings. The first kappa shape index (κ1) is 17.9. The number of hydrogen-bond donors (Lipinski definition) is 3. The van der Waals surface area contributed by atoms with Gasteiger partial charge in [0.15, 0.2) is 0 Å². The molecule has 2 aromatic rings. The van der Waals surface area contributed by atoms with Gasteiger partial charge in [-0.25, -0.2) is 0 Å². The third-order valence-electron chi connectivity index (χ3n) is 3.97. The maximum absolute atomic E-state index is 12.6. The van der Waals surface area contributed by atoms with Crippen LogP contribution in [-0.4, -0.2) is 28.1 Å². The predicted molar refractivity (Wildman–Crippen MR) is 96.4 cm³/mol. The quantitative estimate of drug-likeness (QED) is 0.729. The summed E-state index contributed by atoms with van der Waals surface area (Å²) in [5, 5.41) is 16.4. The molecule has 0 saturated heterocycles. The lowest BCUT2D eigenvalue weighted by atomic mass is 9.97. The van der Waals surface area contributed by atoms with E-state index in [9.17, 15) is 9.90 Å². The van der Waals surface area contributed by atoms with E-state index >= 15 is 0 Å². The number of aromatic nitrogens is 1. The molecular formula is C19H25N3O2. The van der Waals surface area contributed by atoms with E-state index in [2.05, 4.69) is 15.6 Å². The number of hydrogen-bond acceptors (Lipinski definition) is 4. The number of nitrogens with zero attached hydrogens (tertiary/aromatic N) is 1. The monoisotopic (exact) mass is 327 g/mol. The Balaban J connectivity index is 2.17. The smallest absolute Gasteiger partial charge is 0.255 e. The molecule has 2 atom stereocenters. The van der Waals surface area contributed by atoms with E-state index in [4.69, 9.17) is 0 Å². The summed E-state index contributed by atoms with van der Waals surface area (Å²) in [6.45, 7) is 5.82. The molecule has 0 aliphatic carbocycles. The number of aliphatic hydroxyl groups excluding tert-OH is 1. The molecule has 128 valence electrons. The van der Waals surface area contributed by atoms with Crippen LogP contribution >= 0.6 is 0 Å². The van der Waals surface area contributed by atoms with Crippen LogP contribution < -0.4 is 10.6 Å². The number of benzene rings is 1. The summed E-state index contributed by atoms with van der Waals surface area (Å²) < 4.78 is 0. The van der Waals surface area contributed by atoms with Crippen LogP contribution in [0.1, 0.15) is 37.6 Å². The van der Waals surface area contributed by atoms with Crippen molar-refractivity contribution in [1.29, 1.82) is 0 Å². The van der Waals surface area contributed by atoms with Crippen molar-refractivity contribution < 1.29 is 9.90 Å². The lowest BCUT2D eigenvalue weighted by Crippen LogP contribution is -2.45. The highest BCUT2D eigenvalue weighted by Crippen LogP contribution is 2.20. The van der Waals surface area contributed by atoms with Crippen LogP contribution in [0.15, 0.2) is 48.8 Å². The molecule has 0 spiro atoms. The van der Waals surface area contributed by atoms with Gasteiger partial charge in [-0.3, -0.25) is 9.78 Å². The molecule has 5 heteroatoms. The van der Waals surface area contributed by atoms with E-state index in [0.717, 1.165) is 5.69 Å². The highest BCUT2D eigenvalue weighted by Gasteiger charge is 2.23. The van der Waals surface area contributed by atoms with Crippen molar-refractivity contribution in [2.75, 3.05) is 5.32 Å². The van der Waals surface area contributed by atoms with Crippen molar-refractivity contribution in [3.63, 3.8) is 0 Å². The topological polar surface area (TPSA) is 74.2 Å². The lowest BCUT2D eigenvalue weighted by molar-refractivity contribution is 0.0678. The third kappa shape index (κ3) is 4.55. The molecule has 0 radical (unpaired) electrons. The average molecular weight is 327 g/mol. The Kier molecular flexibility index (Phi) is 6.32. The minimum absolute atomic E-state index is 0.0751. The second-order valence-corrected chi connectivity index (χ2v) is 6.14. The summed E-state index contributed by atoms with van der Waals surface area (Å²) in [5.74, 6) is -0.167. The number of carbonyl (C=O) groups excluding carboxylic acids is 1. The van der Waals surface area contributed by atoms with Crippen molar-refractivity contribution in [3.8, 4) is 0 Å². The fraction of sp³-hybridized carbons (Fsp3) is 0.368. The normalized spacial score (nSPS) is 13.4. The Morgan fingerprint density at radius 1 is 1.21 bits per heavy atom. The fourth-order valence-corrected chi connectivity index (χ4v) is 2.50. The van der Waals surface area contributed by atoms with Crippen molar-refractivity contribution in [2.45, 2.75) is 39.3 Å². The highest BCUT2D eigenvalue weighted by molar-refractivity contribution is 6.00. The summed E-state index contributed by atoms with van der Waals surface area (Å²) in [7, 11) is 0. The standard InChI is InChI=1S/C19H25N3O2/c1-4-16(18(23)13(2)3)22-19(24)15-12-20-11-10-17(15)21-14-8-6-5-7-9-14/h5-13,16,18,23H,4H2,1-3H3,(H,20,21)(H,22,24). The van der Waals surface area contributed by atoms with E-state index in [1.54, 1.807) is 12.3 Å². The van der Waals surface area contributed by atoms with Gasteiger partial charge in [-0.2, -0.15) is 0 Å². The Morgan fingerprint density at radius 2 is 1.92 bits per heavy atom. The maximum atomic E-state index is 12.6. The lowest BCUT2D eigenvalue weighted by Gasteiger charge is -2.26. The van der Waals surface area contributed by atoms with Gasteiger partial charge >= 0.3 is 0 Å². The number of aliphatic hydroxyl groups is 1. The fourth-order valence-electron chi connectivity index (χ4n) is 2.50. The number of anilines is 2. The van der Waals surface area contributed by atoms with Crippen LogP contribution in [0, 0.1) is 5.92 Å². The SMILES string of the molecule is CCC(NC(=O)c1cnccc1Nc1ccccc1)C(O)C(C)C. The van der Waals surface area contributed by atoms with Crippen molar-refractivity contribution in [1.82, 2.24) is 10.3 Å². The molecule has 0 bridgehead atoms. The summed E-state index contributed by atoms with van der Waals surface area (Å²) in [4.78, 5) is 16.7. The molecule has 1 aromatic carbocycles. The van der Waals surface area contributed by atoms with E-state index in [1.807, 2.05) is 51.1 Å². The largest absolute Gasteiger partial charge is 0.391 e. The molecule has 1 heterocycles. The third-order valence-corrected chi connectivity index (χ3v) is 3.97. The van der Waals surface area contributed by atoms with Gasteiger partial charge in [0.05, 0.1) is 23.4 Å². The molecule has 2 unspecified atom stereocenters. The minimum atomic E-state index is -0.582. The molecule has 1 amide bonds. The first-order valence-electron chi connectivity index (χ1n) is 8.28. The number of carbonyl (C=O) groups is 1. The zero-order chi connectivity index (χ0) is 17.5. The summed E-state index contributed by atoms with van der Waals surface area (Å²) in [6.07, 6.45) is 3.26. The van der Waals surface area contributed by atoms with Gasteiger partial charge in [0, 0.05) is 18.1 Å². The van der Waals surface area contributed by atoms with Gasteiger partial charge in [0.25, 0.3) is 5.91 Å². The first-order valence-corrected chi connectivity index (χ1v) is 8.28. The Bertz CT molecular complexity index is 659. The molecule has 2 rings (SSSR count). The zero-order valence-electron chi connectivity index (χ0n) is 14.4. The molecule has 1 aromatic heterocycles. The van der Waals surface area contributed by atoms with E-state index in [1.165, 1.54) is 6.20 Å². The van der Waals surface area contributed by atoms with Gasteiger partial charge in [0.2, 0.25) is 0 Å². The van der Waals surface area contributed by atoms with Crippen LogP contribution in [-0.2, 0) is 0 Å². The van der Waals surface area contributed by atoms with Crippen molar-refractivity contribution >= 4 is 17.3 Å². The molecule has 0 aliphatic heterocycles. The van der Waals surface area contributed by atoms with Crippen LogP contribution in [0.2, 0.25) is 0 Å². The van der Waals surface area contributed by atoms with Crippen molar-refractivity contribution in [3.05, 3.63) is 54.4 Å². The molecule has 24 heavy (non-hydrogen) atoms. The van der Waals surface area contributed by atoms with Crippen molar-refractivity contribution in [2.24, 2.45) is 5.92 Å². The van der Waals surface area contributed by atoms with Crippen LogP contribution in [0.5, 0.6) is 0 Å². The summed E-state index contributed by atoms with van der Waals surface area (Å²) >= 11 is 0. The number of amides is 1. The van der Waals surface area contributed by atoms with E-state index < -0.39 is 6.10 Å². The van der Waals surface area contributed by atoms with Crippen LogP contribution in [0.4, 0.5) is 11.4 Å².